The van der Waals surface area contributed by atoms with E-state index in [1.54, 1.807) is 18.4 Å². The predicted molar refractivity (Wildman–Crippen MR) is 147 cm³/mol. The molecule has 4 rings (SSSR count). The van der Waals surface area contributed by atoms with Gasteiger partial charge in [-0.25, -0.2) is 4.98 Å². The second-order valence-electron chi connectivity index (χ2n) is 8.87. The van der Waals surface area contributed by atoms with Crippen molar-refractivity contribution in [2.24, 2.45) is 0 Å². The molecule has 0 aliphatic rings. The standard InChI is InChI=1S/C29H31N3O3S/c1-19-16-22(29-30-20(2)18-36-29)7-12-25(19)21-6-13-26(27(17-21)35-15-14-32(3)4)28(33)31-23-8-10-24(34-5)11-9-23/h6-13,16-18H,14-15H2,1-5H3,(H,31,33). The molecule has 7 heteroatoms. The summed E-state index contributed by atoms with van der Waals surface area (Å²) >= 11 is 1.65. The van der Waals surface area contributed by atoms with E-state index in [4.69, 9.17) is 9.47 Å². The molecule has 0 saturated heterocycles. The van der Waals surface area contributed by atoms with Gasteiger partial charge in [-0.3, -0.25) is 4.79 Å². The number of amides is 1. The van der Waals surface area contributed by atoms with Crippen molar-refractivity contribution in [3.05, 3.63) is 82.9 Å². The first-order chi connectivity index (χ1) is 17.3. The number of benzene rings is 3. The largest absolute Gasteiger partial charge is 0.497 e. The molecule has 1 amide bonds. The fraction of sp³-hybridized carbons (Fsp3) is 0.241. The van der Waals surface area contributed by atoms with Crippen LogP contribution in [-0.4, -0.2) is 50.1 Å². The van der Waals surface area contributed by atoms with Gasteiger partial charge < -0.3 is 19.7 Å². The highest BCUT2D eigenvalue weighted by atomic mass is 32.1. The van der Waals surface area contributed by atoms with Crippen LogP contribution in [0.2, 0.25) is 0 Å². The molecule has 1 heterocycles. The van der Waals surface area contributed by atoms with Crippen LogP contribution in [0, 0.1) is 13.8 Å². The van der Waals surface area contributed by atoms with Crippen LogP contribution < -0.4 is 14.8 Å². The number of thiazole rings is 1. The van der Waals surface area contributed by atoms with Crippen LogP contribution >= 0.6 is 11.3 Å². The maximum Gasteiger partial charge on any atom is 0.259 e. The number of nitrogens with zero attached hydrogens (tertiary/aromatic N) is 2. The van der Waals surface area contributed by atoms with E-state index < -0.39 is 0 Å². The molecule has 4 aromatic rings. The number of rotatable bonds is 9. The quantitative estimate of drug-likeness (QED) is 0.292. The second kappa shape index (κ2) is 11.4. The molecule has 1 aromatic heterocycles. The van der Waals surface area contributed by atoms with Gasteiger partial charge in [-0.2, -0.15) is 0 Å². The molecule has 0 aliphatic heterocycles. The number of aryl methyl sites for hydroxylation is 2. The van der Waals surface area contributed by atoms with Crippen LogP contribution in [0.3, 0.4) is 0 Å². The molecule has 0 radical (unpaired) electrons. The molecule has 1 N–H and O–H groups in total. The molecular formula is C29H31N3O3S. The minimum Gasteiger partial charge on any atom is -0.497 e. The summed E-state index contributed by atoms with van der Waals surface area (Å²) in [6.07, 6.45) is 0. The van der Waals surface area contributed by atoms with Crippen molar-refractivity contribution in [2.75, 3.05) is 39.7 Å². The third-order valence-corrected chi connectivity index (χ3v) is 6.78. The fourth-order valence-electron chi connectivity index (χ4n) is 3.81. The van der Waals surface area contributed by atoms with Crippen LogP contribution in [-0.2, 0) is 0 Å². The highest BCUT2D eigenvalue weighted by Crippen LogP contribution is 2.33. The van der Waals surface area contributed by atoms with Gasteiger partial charge in [0.05, 0.1) is 12.7 Å². The number of aromatic nitrogens is 1. The van der Waals surface area contributed by atoms with E-state index in [0.29, 0.717) is 23.6 Å². The molecule has 36 heavy (non-hydrogen) atoms. The number of methoxy groups -OCH3 is 1. The molecule has 0 aliphatic carbocycles. The van der Waals surface area contributed by atoms with E-state index in [1.165, 1.54) is 0 Å². The van der Waals surface area contributed by atoms with Crippen molar-refractivity contribution in [1.29, 1.82) is 0 Å². The lowest BCUT2D eigenvalue weighted by molar-refractivity contribution is 0.102. The zero-order valence-corrected chi connectivity index (χ0v) is 22.1. The molecule has 3 aromatic carbocycles. The number of carbonyl (C=O) groups is 1. The Kier molecular flexibility index (Phi) is 8.03. The Labute approximate surface area is 216 Å². The average molecular weight is 502 g/mol. The topological polar surface area (TPSA) is 63.7 Å². The summed E-state index contributed by atoms with van der Waals surface area (Å²) in [6.45, 7) is 5.31. The first-order valence-electron chi connectivity index (χ1n) is 11.7. The summed E-state index contributed by atoms with van der Waals surface area (Å²) in [5.74, 6) is 1.06. The highest BCUT2D eigenvalue weighted by molar-refractivity contribution is 7.13. The number of nitrogens with one attached hydrogen (secondary N) is 1. The molecule has 0 bridgehead atoms. The van der Waals surface area contributed by atoms with E-state index >= 15 is 0 Å². The summed E-state index contributed by atoms with van der Waals surface area (Å²) in [4.78, 5) is 19.8. The Morgan fingerprint density at radius 3 is 2.39 bits per heavy atom. The van der Waals surface area contributed by atoms with Crippen LogP contribution in [0.4, 0.5) is 5.69 Å². The van der Waals surface area contributed by atoms with E-state index in [2.05, 4.69) is 40.8 Å². The first-order valence-corrected chi connectivity index (χ1v) is 12.6. The number of ether oxygens (including phenoxy) is 2. The van der Waals surface area contributed by atoms with Gasteiger partial charge in [-0.1, -0.05) is 18.2 Å². The maximum absolute atomic E-state index is 13.2. The summed E-state index contributed by atoms with van der Waals surface area (Å²) in [5, 5.41) is 6.03. The zero-order chi connectivity index (χ0) is 25.7. The minimum absolute atomic E-state index is 0.224. The SMILES string of the molecule is COc1ccc(NC(=O)c2ccc(-c3ccc(-c4nc(C)cs4)cc3C)cc2OCCN(C)C)cc1. The Bertz CT molecular complexity index is 1350. The van der Waals surface area contributed by atoms with E-state index in [-0.39, 0.29) is 5.91 Å². The predicted octanol–water partition coefficient (Wildman–Crippen LogP) is 6.30. The van der Waals surface area contributed by atoms with Crippen LogP contribution in [0.1, 0.15) is 21.6 Å². The second-order valence-corrected chi connectivity index (χ2v) is 9.73. The van der Waals surface area contributed by atoms with Gasteiger partial charge in [0.15, 0.2) is 0 Å². The fourth-order valence-corrected chi connectivity index (χ4v) is 4.61. The van der Waals surface area contributed by atoms with Crippen molar-refractivity contribution in [1.82, 2.24) is 9.88 Å². The Balaban J connectivity index is 1.63. The van der Waals surface area contributed by atoms with Crippen LogP contribution in [0.25, 0.3) is 21.7 Å². The van der Waals surface area contributed by atoms with Crippen molar-refractivity contribution in [3.8, 4) is 33.2 Å². The number of anilines is 1. The van der Waals surface area contributed by atoms with Gasteiger partial charge in [-0.15, -0.1) is 11.3 Å². The first kappa shape index (κ1) is 25.4. The molecule has 6 nitrogen and oxygen atoms in total. The molecule has 186 valence electrons. The minimum atomic E-state index is -0.224. The average Bonchev–Trinajstić information content (AvgIpc) is 3.30. The Morgan fingerprint density at radius 1 is 1.00 bits per heavy atom. The highest BCUT2D eigenvalue weighted by Gasteiger charge is 2.16. The van der Waals surface area contributed by atoms with Gasteiger partial charge >= 0.3 is 0 Å². The van der Waals surface area contributed by atoms with E-state index in [1.807, 2.05) is 68.4 Å². The van der Waals surface area contributed by atoms with Crippen molar-refractivity contribution < 1.29 is 14.3 Å². The number of likely N-dealkylation sites (N-methyl/N-ethyl adjacent to an activating group) is 1. The molecule has 0 atom stereocenters. The molecule has 0 spiro atoms. The maximum atomic E-state index is 13.2. The molecule has 0 saturated carbocycles. The van der Waals surface area contributed by atoms with E-state index in [9.17, 15) is 4.79 Å². The van der Waals surface area contributed by atoms with E-state index in [0.717, 1.165) is 45.2 Å². The smallest absolute Gasteiger partial charge is 0.259 e. The Hall–Kier alpha value is -3.68. The van der Waals surface area contributed by atoms with Crippen molar-refractivity contribution in [3.63, 3.8) is 0 Å². The molecule has 0 unspecified atom stereocenters. The summed E-state index contributed by atoms with van der Waals surface area (Å²) < 4.78 is 11.3. The number of carbonyl (C=O) groups excluding carboxylic acids is 1. The van der Waals surface area contributed by atoms with Crippen LogP contribution in [0.5, 0.6) is 11.5 Å². The third-order valence-electron chi connectivity index (χ3n) is 5.77. The Morgan fingerprint density at radius 2 is 1.75 bits per heavy atom. The van der Waals surface area contributed by atoms with Crippen molar-refractivity contribution in [2.45, 2.75) is 13.8 Å². The summed E-state index contributed by atoms with van der Waals surface area (Å²) in [6, 6.07) is 19.4. The summed E-state index contributed by atoms with van der Waals surface area (Å²) in [5.41, 5.74) is 6.53. The molecular weight excluding hydrogens is 470 g/mol. The zero-order valence-electron chi connectivity index (χ0n) is 21.3. The number of hydrogen-bond donors (Lipinski definition) is 1. The third kappa shape index (κ3) is 6.11. The van der Waals surface area contributed by atoms with Crippen molar-refractivity contribution >= 4 is 22.9 Å². The lowest BCUT2D eigenvalue weighted by Crippen LogP contribution is -2.21. The lowest BCUT2D eigenvalue weighted by Gasteiger charge is -2.16. The van der Waals surface area contributed by atoms with Gasteiger partial charge in [0.25, 0.3) is 5.91 Å². The van der Waals surface area contributed by atoms with Crippen LogP contribution in [0.15, 0.2) is 66.0 Å². The normalized spacial score (nSPS) is 10.9. The van der Waals surface area contributed by atoms with Gasteiger partial charge in [-0.05, 0) is 87.1 Å². The summed E-state index contributed by atoms with van der Waals surface area (Å²) in [7, 11) is 5.60. The van der Waals surface area contributed by atoms with Gasteiger partial charge in [0.2, 0.25) is 0 Å². The molecule has 0 fully saturated rings. The number of hydrogen-bond acceptors (Lipinski definition) is 6. The van der Waals surface area contributed by atoms with Gasteiger partial charge in [0, 0.05) is 28.9 Å². The van der Waals surface area contributed by atoms with Gasteiger partial charge in [0.1, 0.15) is 23.1 Å². The monoisotopic (exact) mass is 501 g/mol. The lowest BCUT2D eigenvalue weighted by atomic mass is 9.97.